The van der Waals surface area contributed by atoms with Gasteiger partial charge in [-0.25, -0.2) is 0 Å². The highest BCUT2D eigenvalue weighted by atomic mass is 16.5. The number of hydrogen-bond donors (Lipinski definition) is 0. The van der Waals surface area contributed by atoms with Crippen molar-refractivity contribution in [3.05, 3.63) is 95.6 Å². The summed E-state index contributed by atoms with van der Waals surface area (Å²) in [6, 6.07) is 25.2. The molecule has 5 heteroatoms. The summed E-state index contributed by atoms with van der Waals surface area (Å²) in [7, 11) is 1.63. The number of carbonyl (C=O) groups excluding carboxylic acids is 2. The zero-order valence-corrected chi connectivity index (χ0v) is 19.2. The number of amides is 2. The van der Waals surface area contributed by atoms with Gasteiger partial charge in [0.2, 0.25) is 5.91 Å². The molecule has 1 fully saturated rings. The molecule has 0 radical (unpaired) electrons. The lowest BCUT2D eigenvalue weighted by atomic mass is 9.95. The number of carbonyl (C=O) groups is 2. The van der Waals surface area contributed by atoms with E-state index in [4.69, 9.17) is 4.74 Å². The van der Waals surface area contributed by atoms with Gasteiger partial charge in [-0.3, -0.25) is 9.59 Å². The van der Waals surface area contributed by atoms with Crippen molar-refractivity contribution >= 4 is 17.5 Å². The molecule has 5 nitrogen and oxygen atoms in total. The molecule has 1 aliphatic heterocycles. The lowest BCUT2D eigenvalue weighted by Gasteiger charge is -2.35. The van der Waals surface area contributed by atoms with E-state index in [9.17, 15) is 9.59 Å². The van der Waals surface area contributed by atoms with Crippen molar-refractivity contribution < 1.29 is 14.3 Å². The van der Waals surface area contributed by atoms with Crippen LogP contribution in [0.4, 0.5) is 5.69 Å². The molecule has 33 heavy (non-hydrogen) atoms. The molecule has 2 amide bonds. The largest absolute Gasteiger partial charge is 0.497 e. The Morgan fingerprint density at radius 1 is 0.970 bits per heavy atom. The van der Waals surface area contributed by atoms with Gasteiger partial charge in [0, 0.05) is 24.3 Å². The maximum Gasteiger partial charge on any atom is 0.253 e. The van der Waals surface area contributed by atoms with Crippen molar-refractivity contribution in [3.63, 3.8) is 0 Å². The van der Waals surface area contributed by atoms with E-state index in [1.54, 1.807) is 7.11 Å². The van der Waals surface area contributed by atoms with Gasteiger partial charge >= 0.3 is 0 Å². The Hall–Kier alpha value is -3.60. The summed E-state index contributed by atoms with van der Waals surface area (Å²) >= 11 is 0. The molecule has 0 spiro atoms. The van der Waals surface area contributed by atoms with Crippen LogP contribution in [0.1, 0.15) is 34.3 Å². The summed E-state index contributed by atoms with van der Waals surface area (Å²) in [5, 5.41) is 0. The Morgan fingerprint density at radius 2 is 1.67 bits per heavy atom. The molecule has 4 rings (SSSR count). The van der Waals surface area contributed by atoms with E-state index < -0.39 is 0 Å². The predicted molar refractivity (Wildman–Crippen MR) is 130 cm³/mol. The van der Waals surface area contributed by atoms with E-state index in [-0.39, 0.29) is 17.7 Å². The first-order chi connectivity index (χ1) is 16.0. The molecule has 1 heterocycles. The molecule has 0 bridgehead atoms. The topological polar surface area (TPSA) is 49.9 Å². The molecule has 1 unspecified atom stereocenters. The molecule has 0 aliphatic carbocycles. The van der Waals surface area contributed by atoms with Crippen LogP contribution in [0.3, 0.4) is 0 Å². The highest BCUT2D eigenvalue weighted by Gasteiger charge is 2.32. The van der Waals surface area contributed by atoms with Crippen LogP contribution in [0, 0.1) is 12.8 Å². The number of benzene rings is 3. The second-order valence-electron chi connectivity index (χ2n) is 8.56. The number of anilines is 1. The quantitative estimate of drug-likeness (QED) is 0.534. The Bertz CT molecular complexity index is 1080. The van der Waals surface area contributed by atoms with Gasteiger partial charge in [-0.2, -0.15) is 0 Å². The summed E-state index contributed by atoms with van der Waals surface area (Å²) in [5.74, 6) is 0.550. The highest BCUT2D eigenvalue weighted by molar-refractivity contribution is 5.97. The first-order valence-corrected chi connectivity index (χ1v) is 11.4. The van der Waals surface area contributed by atoms with Crippen LogP contribution in [0.15, 0.2) is 78.9 Å². The molecule has 1 saturated heterocycles. The Balaban J connectivity index is 1.55. The molecular formula is C28H30N2O3. The number of ether oxygens (including phenoxy) is 1. The van der Waals surface area contributed by atoms with Crippen LogP contribution < -0.4 is 9.64 Å². The van der Waals surface area contributed by atoms with E-state index in [0.717, 1.165) is 35.4 Å². The smallest absolute Gasteiger partial charge is 0.253 e. The van der Waals surface area contributed by atoms with Crippen molar-refractivity contribution in [2.24, 2.45) is 5.92 Å². The summed E-state index contributed by atoms with van der Waals surface area (Å²) in [5.41, 5.74) is 3.68. The average molecular weight is 443 g/mol. The first kappa shape index (κ1) is 22.6. The van der Waals surface area contributed by atoms with Crippen molar-refractivity contribution in [2.75, 3.05) is 25.1 Å². The van der Waals surface area contributed by atoms with Crippen LogP contribution in [0.2, 0.25) is 0 Å². The highest BCUT2D eigenvalue weighted by Crippen LogP contribution is 2.27. The molecule has 1 atom stereocenters. The number of methoxy groups -OCH3 is 1. The molecular weight excluding hydrogens is 412 g/mol. The third-order valence-corrected chi connectivity index (χ3v) is 6.19. The summed E-state index contributed by atoms with van der Waals surface area (Å²) in [4.78, 5) is 30.5. The van der Waals surface area contributed by atoms with Crippen molar-refractivity contribution in [3.8, 4) is 5.75 Å². The predicted octanol–water partition coefficient (Wildman–Crippen LogP) is 5.09. The van der Waals surface area contributed by atoms with Gasteiger partial charge in [0.15, 0.2) is 0 Å². The molecule has 1 aliphatic rings. The lowest BCUT2D eigenvalue weighted by Crippen LogP contribution is -2.46. The second-order valence-corrected chi connectivity index (χ2v) is 8.56. The number of aryl methyl sites for hydroxylation is 1. The Kier molecular flexibility index (Phi) is 7.08. The van der Waals surface area contributed by atoms with Crippen LogP contribution >= 0.6 is 0 Å². The van der Waals surface area contributed by atoms with Gasteiger partial charge in [0.1, 0.15) is 5.75 Å². The molecule has 0 aromatic heterocycles. The van der Waals surface area contributed by atoms with Crippen molar-refractivity contribution in [2.45, 2.75) is 26.3 Å². The van der Waals surface area contributed by atoms with Gasteiger partial charge in [-0.05, 0) is 61.7 Å². The standard InChI is InChI=1S/C28H30N2O3/c1-21-10-12-23(13-11-21)27(31)29-18-6-9-24(20-29)28(32)30(19-22-7-4-3-5-8-22)25-14-16-26(33-2)17-15-25/h3-5,7-8,10-17,24H,6,9,18-20H2,1-2H3. The number of nitrogens with zero attached hydrogens (tertiary/aromatic N) is 2. The Labute approximate surface area is 195 Å². The second kappa shape index (κ2) is 10.3. The first-order valence-electron chi connectivity index (χ1n) is 11.4. The van der Waals surface area contributed by atoms with Crippen molar-refractivity contribution in [1.82, 2.24) is 4.90 Å². The van der Waals surface area contributed by atoms with E-state index in [1.807, 2.05) is 95.6 Å². The zero-order valence-electron chi connectivity index (χ0n) is 19.2. The van der Waals surface area contributed by atoms with Crippen LogP contribution in [0.25, 0.3) is 0 Å². The maximum atomic E-state index is 13.8. The van der Waals surface area contributed by atoms with Gasteiger partial charge in [-0.15, -0.1) is 0 Å². The van der Waals surface area contributed by atoms with E-state index in [1.165, 1.54) is 0 Å². The molecule has 170 valence electrons. The number of hydrogen-bond acceptors (Lipinski definition) is 3. The lowest BCUT2D eigenvalue weighted by molar-refractivity contribution is -0.123. The zero-order chi connectivity index (χ0) is 23.2. The van der Waals surface area contributed by atoms with Crippen LogP contribution in [0.5, 0.6) is 5.75 Å². The third kappa shape index (κ3) is 5.43. The minimum absolute atomic E-state index is 0.00782. The monoisotopic (exact) mass is 442 g/mol. The minimum Gasteiger partial charge on any atom is -0.497 e. The number of rotatable bonds is 6. The third-order valence-electron chi connectivity index (χ3n) is 6.19. The SMILES string of the molecule is COc1ccc(N(Cc2ccccc2)C(=O)C2CCCN(C(=O)c3ccc(C)cc3)C2)cc1. The average Bonchev–Trinajstić information content (AvgIpc) is 2.88. The van der Waals surface area contributed by atoms with Crippen LogP contribution in [-0.2, 0) is 11.3 Å². The minimum atomic E-state index is -0.237. The molecule has 3 aromatic carbocycles. The molecule has 3 aromatic rings. The number of piperidine rings is 1. The van der Waals surface area contributed by atoms with Gasteiger partial charge < -0.3 is 14.5 Å². The van der Waals surface area contributed by atoms with Crippen molar-refractivity contribution in [1.29, 1.82) is 0 Å². The van der Waals surface area contributed by atoms with Gasteiger partial charge in [0.25, 0.3) is 5.91 Å². The molecule has 0 N–H and O–H groups in total. The molecule has 0 saturated carbocycles. The summed E-state index contributed by atoms with van der Waals surface area (Å²) in [6.07, 6.45) is 1.59. The fourth-order valence-corrected chi connectivity index (χ4v) is 4.29. The van der Waals surface area contributed by atoms with Gasteiger partial charge in [-0.1, -0.05) is 48.0 Å². The fraction of sp³-hybridized carbons (Fsp3) is 0.286. The van der Waals surface area contributed by atoms with E-state index in [2.05, 4.69) is 0 Å². The summed E-state index contributed by atoms with van der Waals surface area (Å²) < 4.78 is 5.29. The Morgan fingerprint density at radius 3 is 2.33 bits per heavy atom. The van der Waals surface area contributed by atoms with E-state index >= 15 is 0 Å². The fourth-order valence-electron chi connectivity index (χ4n) is 4.29. The summed E-state index contributed by atoms with van der Waals surface area (Å²) in [6.45, 7) is 3.60. The number of likely N-dealkylation sites (tertiary alicyclic amines) is 1. The maximum absolute atomic E-state index is 13.8. The normalized spacial score (nSPS) is 15.7. The van der Waals surface area contributed by atoms with Crippen LogP contribution in [-0.4, -0.2) is 36.9 Å². The van der Waals surface area contributed by atoms with Gasteiger partial charge in [0.05, 0.1) is 19.6 Å². The van der Waals surface area contributed by atoms with E-state index in [0.29, 0.717) is 25.2 Å².